The van der Waals surface area contributed by atoms with Crippen molar-refractivity contribution in [3.05, 3.63) is 29.8 Å². The second kappa shape index (κ2) is 6.43. The van der Waals surface area contributed by atoms with E-state index < -0.39 is 0 Å². The number of ketones is 1. The highest BCUT2D eigenvalue weighted by atomic mass is 16.5. The minimum Gasteiger partial charge on any atom is -0.491 e. The van der Waals surface area contributed by atoms with E-state index in [9.17, 15) is 4.79 Å². The molecule has 1 rings (SSSR count). The molecule has 0 amide bonds. The fraction of sp³-hybridized carbons (Fsp3) is 0.533. The van der Waals surface area contributed by atoms with Crippen LogP contribution in [-0.4, -0.2) is 11.9 Å². The Kier molecular flexibility index (Phi) is 5.20. The molecule has 17 heavy (non-hydrogen) atoms. The molecule has 0 fully saturated rings. The van der Waals surface area contributed by atoms with E-state index in [0.717, 1.165) is 12.2 Å². The van der Waals surface area contributed by atoms with Crippen LogP contribution in [-0.2, 0) is 4.79 Å². The Morgan fingerprint density at radius 2 is 1.76 bits per heavy atom. The first kappa shape index (κ1) is 13.8. The van der Waals surface area contributed by atoms with Crippen LogP contribution in [0, 0.1) is 0 Å². The van der Waals surface area contributed by atoms with Gasteiger partial charge in [-0.2, -0.15) is 0 Å². The summed E-state index contributed by atoms with van der Waals surface area (Å²) < 4.78 is 5.59. The molecule has 0 aliphatic heterocycles. The summed E-state index contributed by atoms with van der Waals surface area (Å²) in [4.78, 5) is 10.9. The summed E-state index contributed by atoms with van der Waals surface area (Å²) in [5.74, 6) is 1.59. The van der Waals surface area contributed by atoms with Gasteiger partial charge in [-0.3, -0.25) is 0 Å². The highest BCUT2D eigenvalue weighted by Gasteiger charge is 2.07. The highest BCUT2D eigenvalue weighted by Crippen LogP contribution is 2.23. The Morgan fingerprint density at radius 1 is 1.18 bits per heavy atom. The lowest BCUT2D eigenvalue weighted by molar-refractivity contribution is -0.117. The molecule has 0 radical (unpaired) electrons. The molecule has 0 N–H and O–H groups in total. The molecule has 0 saturated carbocycles. The first-order valence-corrected chi connectivity index (χ1v) is 6.25. The van der Waals surface area contributed by atoms with Gasteiger partial charge in [0.15, 0.2) is 0 Å². The van der Waals surface area contributed by atoms with E-state index in [0.29, 0.717) is 12.3 Å². The van der Waals surface area contributed by atoms with Crippen molar-refractivity contribution in [1.82, 2.24) is 0 Å². The van der Waals surface area contributed by atoms with Crippen LogP contribution in [0.1, 0.15) is 52.0 Å². The van der Waals surface area contributed by atoms with Crippen molar-refractivity contribution >= 4 is 5.78 Å². The van der Waals surface area contributed by atoms with Gasteiger partial charge in [-0.25, -0.2) is 0 Å². The molecule has 0 aromatic heterocycles. The first-order chi connectivity index (χ1) is 7.99. The Morgan fingerprint density at radius 3 is 2.24 bits per heavy atom. The molecule has 0 bridgehead atoms. The van der Waals surface area contributed by atoms with Crippen LogP contribution in [0.15, 0.2) is 24.3 Å². The molecule has 0 saturated heterocycles. The molecule has 1 unspecified atom stereocenters. The van der Waals surface area contributed by atoms with E-state index in [1.54, 1.807) is 6.92 Å². The number of carbonyl (C=O) groups excluding carboxylic acids is 1. The third-order valence-electron chi connectivity index (χ3n) is 2.75. The number of hydrogen-bond donors (Lipinski definition) is 0. The summed E-state index contributed by atoms with van der Waals surface area (Å²) in [5, 5.41) is 0. The van der Waals surface area contributed by atoms with Gasteiger partial charge in [0.2, 0.25) is 0 Å². The monoisotopic (exact) mass is 234 g/mol. The van der Waals surface area contributed by atoms with E-state index in [2.05, 4.69) is 19.1 Å². The van der Waals surface area contributed by atoms with E-state index in [4.69, 9.17) is 4.74 Å². The Balaban J connectivity index is 2.57. The van der Waals surface area contributed by atoms with Gasteiger partial charge in [-0.15, -0.1) is 0 Å². The molecule has 0 heterocycles. The normalized spacial score (nSPS) is 12.5. The summed E-state index contributed by atoms with van der Waals surface area (Å²) in [6.45, 7) is 7.83. The minimum atomic E-state index is 0.205. The number of carbonyl (C=O) groups is 1. The van der Waals surface area contributed by atoms with Gasteiger partial charge in [0.1, 0.15) is 11.5 Å². The van der Waals surface area contributed by atoms with Crippen LogP contribution in [0.2, 0.25) is 0 Å². The summed E-state index contributed by atoms with van der Waals surface area (Å²) in [5.41, 5.74) is 1.27. The molecule has 1 aromatic carbocycles. The molecule has 0 spiro atoms. The predicted molar refractivity (Wildman–Crippen MR) is 70.5 cm³/mol. The lowest BCUT2D eigenvalue weighted by atomic mass is 9.95. The van der Waals surface area contributed by atoms with Gasteiger partial charge in [-0.1, -0.05) is 19.1 Å². The molecule has 1 aromatic rings. The second-order valence-electron chi connectivity index (χ2n) is 4.88. The Bertz CT molecular complexity index is 352. The van der Waals surface area contributed by atoms with Gasteiger partial charge in [0, 0.05) is 6.42 Å². The van der Waals surface area contributed by atoms with Gasteiger partial charge < -0.3 is 9.53 Å². The molecule has 94 valence electrons. The maximum atomic E-state index is 10.9. The van der Waals surface area contributed by atoms with Gasteiger partial charge >= 0.3 is 0 Å². The second-order valence-corrected chi connectivity index (χ2v) is 4.88. The van der Waals surface area contributed by atoms with Gasteiger partial charge in [0.05, 0.1) is 6.10 Å². The third-order valence-corrected chi connectivity index (χ3v) is 2.75. The number of benzene rings is 1. The van der Waals surface area contributed by atoms with Crippen molar-refractivity contribution in [1.29, 1.82) is 0 Å². The quantitative estimate of drug-likeness (QED) is 0.745. The van der Waals surface area contributed by atoms with Crippen LogP contribution in [0.3, 0.4) is 0 Å². The number of Topliss-reactive ketones (excluding diaryl/α,β-unsaturated/α-hetero) is 1. The molecule has 2 nitrogen and oxygen atoms in total. The predicted octanol–water partition coefficient (Wildman–Crippen LogP) is 3.95. The molecule has 0 aliphatic carbocycles. The van der Waals surface area contributed by atoms with Crippen molar-refractivity contribution in [3.63, 3.8) is 0 Å². The maximum absolute atomic E-state index is 10.9. The fourth-order valence-electron chi connectivity index (χ4n) is 1.73. The molecule has 2 heteroatoms. The maximum Gasteiger partial charge on any atom is 0.129 e. The van der Waals surface area contributed by atoms with Crippen LogP contribution < -0.4 is 4.74 Å². The summed E-state index contributed by atoms with van der Waals surface area (Å²) >= 11 is 0. The smallest absolute Gasteiger partial charge is 0.129 e. The lowest BCUT2D eigenvalue weighted by Crippen LogP contribution is -2.05. The summed E-state index contributed by atoms with van der Waals surface area (Å²) in [6.07, 6.45) is 1.78. The van der Waals surface area contributed by atoms with E-state index in [1.165, 1.54) is 5.56 Å². The number of ether oxygens (including phenoxy) is 1. The number of rotatable bonds is 6. The summed E-state index contributed by atoms with van der Waals surface area (Å²) in [7, 11) is 0. The molecular formula is C15H22O2. The average Bonchev–Trinajstić information content (AvgIpc) is 2.26. The highest BCUT2D eigenvalue weighted by molar-refractivity contribution is 5.75. The zero-order valence-electron chi connectivity index (χ0n) is 11.2. The Labute approximate surface area is 104 Å². The van der Waals surface area contributed by atoms with Crippen LogP contribution in [0.4, 0.5) is 0 Å². The summed E-state index contributed by atoms with van der Waals surface area (Å²) in [6, 6.07) is 8.17. The van der Waals surface area contributed by atoms with Gasteiger partial charge in [0.25, 0.3) is 0 Å². The van der Waals surface area contributed by atoms with Crippen molar-refractivity contribution in [2.45, 2.75) is 52.6 Å². The average molecular weight is 234 g/mol. The van der Waals surface area contributed by atoms with Crippen LogP contribution >= 0.6 is 0 Å². The third kappa shape index (κ3) is 5.03. The zero-order chi connectivity index (χ0) is 12.8. The zero-order valence-corrected chi connectivity index (χ0v) is 11.2. The SMILES string of the molecule is CC(=O)CCC(C)c1ccc(OC(C)C)cc1. The van der Waals surface area contributed by atoms with Gasteiger partial charge in [-0.05, 0) is 50.8 Å². The van der Waals surface area contributed by atoms with E-state index in [-0.39, 0.29) is 11.9 Å². The van der Waals surface area contributed by atoms with Crippen molar-refractivity contribution in [3.8, 4) is 5.75 Å². The fourth-order valence-corrected chi connectivity index (χ4v) is 1.73. The molecule has 0 aliphatic rings. The first-order valence-electron chi connectivity index (χ1n) is 6.25. The van der Waals surface area contributed by atoms with Crippen molar-refractivity contribution in [2.24, 2.45) is 0 Å². The Hall–Kier alpha value is -1.31. The van der Waals surface area contributed by atoms with Crippen LogP contribution in [0.5, 0.6) is 5.75 Å². The van der Waals surface area contributed by atoms with Crippen molar-refractivity contribution in [2.75, 3.05) is 0 Å². The molecular weight excluding hydrogens is 212 g/mol. The lowest BCUT2D eigenvalue weighted by Gasteiger charge is -2.13. The largest absolute Gasteiger partial charge is 0.491 e. The number of hydrogen-bond acceptors (Lipinski definition) is 2. The minimum absolute atomic E-state index is 0.205. The molecule has 1 atom stereocenters. The van der Waals surface area contributed by atoms with E-state index in [1.807, 2.05) is 26.0 Å². The standard InChI is InChI=1S/C15H22O2/c1-11(2)17-15-9-7-14(8-10-15)12(3)5-6-13(4)16/h7-12H,5-6H2,1-4H3. The van der Waals surface area contributed by atoms with Crippen LogP contribution in [0.25, 0.3) is 0 Å². The topological polar surface area (TPSA) is 26.3 Å². The van der Waals surface area contributed by atoms with E-state index >= 15 is 0 Å². The van der Waals surface area contributed by atoms with Crippen molar-refractivity contribution < 1.29 is 9.53 Å².